The van der Waals surface area contributed by atoms with E-state index in [2.05, 4.69) is 28.9 Å². The number of hydrogen-bond acceptors (Lipinski definition) is 6. The van der Waals surface area contributed by atoms with Gasteiger partial charge in [0.2, 0.25) is 0 Å². The minimum Gasteiger partial charge on any atom is -0.377 e. The Morgan fingerprint density at radius 3 is 2.94 bits per heavy atom. The van der Waals surface area contributed by atoms with E-state index in [4.69, 9.17) is 19.4 Å². The summed E-state index contributed by atoms with van der Waals surface area (Å²) in [7, 11) is 0. The van der Waals surface area contributed by atoms with E-state index in [1.54, 1.807) is 0 Å². The van der Waals surface area contributed by atoms with Crippen LogP contribution in [0.25, 0.3) is 22.3 Å². The molecule has 1 N–H and O–H groups in total. The molecule has 3 aliphatic rings. The minimum atomic E-state index is -0.323. The highest BCUT2D eigenvalue weighted by Gasteiger charge is 2.36. The molecule has 1 aromatic carbocycles. The lowest BCUT2D eigenvalue weighted by atomic mass is 10.1. The van der Waals surface area contributed by atoms with E-state index in [9.17, 15) is 4.79 Å². The van der Waals surface area contributed by atoms with Crippen molar-refractivity contribution in [3.8, 4) is 11.4 Å². The average Bonchev–Trinajstić information content (AvgIpc) is 3.57. The van der Waals surface area contributed by atoms with Gasteiger partial charge in [-0.15, -0.1) is 0 Å². The quantitative estimate of drug-likeness (QED) is 0.684. The number of para-hydroxylation sites is 1. The Balaban J connectivity index is 1.43. The molecule has 3 aliphatic heterocycles. The second kappa shape index (κ2) is 7.86. The third kappa shape index (κ3) is 3.25. The number of anilines is 1. The molecule has 3 aromatic rings. The summed E-state index contributed by atoms with van der Waals surface area (Å²) in [6, 6.07) is 8.39. The van der Waals surface area contributed by atoms with Gasteiger partial charge in [0, 0.05) is 41.4 Å². The highest BCUT2D eigenvalue weighted by molar-refractivity contribution is 5.94. The number of nitrogens with one attached hydrogen (secondary N) is 1. The summed E-state index contributed by atoms with van der Waals surface area (Å²) in [5.74, 6) is 1.69. The molecule has 1 unspecified atom stereocenters. The van der Waals surface area contributed by atoms with Crippen molar-refractivity contribution in [2.24, 2.45) is 0 Å². The molecule has 2 saturated heterocycles. The monoisotopic (exact) mass is 433 g/mol. The maximum absolute atomic E-state index is 13.1. The number of aromatic nitrogens is 3. The van der Waals surface area contributed by atoms with Gasteiger partial charge >= 0.3 is 0 Å². The van der Waals surface area contributed by atoms with Crippen LogP contribution in [0.2, 0.25) is 0 Å². The summed E-state index contributed by atoms with van der Waals surface area (Å²) < 4.78 is 11.3. The number of H-pyrrole nitrogens is 1. The molecule has 5 heterocycles. The van der Waals surface area contributed by atoms with Crippen LogP contribution in [0.1, 0.15) is 31.0 Å². The highest BCUT2D eigenvalue weighted by Crippen LogP contribution is 2.35. The van der Waals surface area contributed by atoms with Crippen molar-refractivity contribution < 1.29 is 14.3 Å². The van der Waals surface area contributed by atoms with Gasteiger partial charge in [-0.05, 0) is 25.8 Å². The molecule has 0 spiro atoms. The molecule has 8 nitrogen and oxygen atoms in total. The third-order valence-electron chi connectivity index (χ3n) is 6.75. The first kappa shape index (κ1) is 19.7. The van der Waals surface area contributed by atoms with Gasteiger partial charge in [-0.25, -0.2) is 9.97 Å². The molecule has 6 rings (SSSR count). The standard InChI is InChI=1S/C24H27N5O3/c1-15-14-31-10-8-29(15)23-18-12-28(24(30)21-7-4-9-32-21)13-20(18)26-22(27-23)17-11-25-19-6-3-2-5-16(17)19/h2-3,5-6,11,15,21,25H,4,7-10,12-14H2,1H3/t15?,21-/m1/s1. The number of amides is 1. The van der Waals surface area contributed by atoms with Gasteiger partial charge < -0.3 is 24.3 Å². The SMILES string of the molecule is CC1COCCN1c1nc(-c2c[nH]c3ccccc23)nc2c1CN(C(=O)[C@H]1CCCO1)C2. The van der Waals surface area contributed by atoms with Crippen molar-refractivity contribution >= 4 is 22.6 Å². The number of carbonyl (C=O) groups excluding carboxylic acids is 1. The largest absolute Gasteiger partial charge is 0.377 e. The lowest BCUT2D eigenvalue weighted by Gasteiger charge is -2.35. The Hall–Kier alpha value is -2.97. The molecule has 8 heteroatoms. The van der Waals surface area contributed by atoms with Crippen LogP contribution in [0, 0.1) is 0 Å². The molecule has 2 fully saturated rings. The zero-order chi connectivity index (χ0) is 21.7. The number of ether oxygens (including phenoxy) is 2. The van der Waals surface area contributed by atoms with E-state index in [1.165, 1.54) is 0 Å². The van der Waals surface area contributed by atoms with Crippen LogP contribution >= 0.6 is 0 Å². The van der Waals surface area contributed by atoms with Crippen LogP contribution in [0.5, 0.6) is 0 Å². The van der Waals surface area contributed by atoms with Gasteiger partial charge in [0.15, 0.2) is 5.82 Å². The van der Waals surface area contributed by atoms with Crippen molar-refractivity contribution in [2.45, 2.75) is 45.0 Å². The lowest BCUT2D eigenvalue weighted by Crippen LogP contribution is -2.44. The van der Waals surface area contributed by atoms with E-state index >= 15 is 0 Å². The Bertz CT molecular complexity index is 1170. The van der Waals surface area contributed by atoms with E-state index in [1.807, 2.05) is 23.2 Å². The smallest absolute Gasteiger partial charge is 0.252 e. The molecule has 2 aromatic heterocycles. The highest BCUT2D eigenvalue weighted by atomic mass is 16.5. The first-order chi connectivity index (χ1) is 15.7. The van der Waals surface area contributed by atoms with Crippen molar-refractivity contribution in [1.29, 1.82) is 0 Å². The Kier molecular flexibility index (Phi) is 4.84. The van der Waals surface area contributed by atoms with E-state index in [0.29, 0.717) is 38.7 Å². The Morgan fingerprint density at radius 1 is 1.19 bits per heavy atom. The van der Waals surface area contributed by atoms with E-state index < -0.39 is 0 Å². The van der Waals surface area contributed by atoms with Crippen LogP contribution in [0.15, 0.2) is 30.5 Å². The topological polar surface area (TPSA) is 83.6 Å². The number of hydrogen-bond donors (Lipinski definition) is 1. The summed E-state index contributed by atoms with van der Waals surface area (Å²) in [6.07, 6.45) is 3.39. The number of fused-ring (bicyclic) bond motifs is 2. The van der Waals surface area contributed by atoms with Crippen LogP contribution < -0.4 is 4.90 Å². The first-order valence-corrected chi connectivity index (χ1v) is 11.4. The van der Waals surface area contributed by atoms with Crippen LogP contribution in [0.3, 0.4) is 0 Å². The van der Waals surface area contributed by atoms with Crippen LogP contribution in [-0.2, 0) is 27.4 Å². The predicted molar refractivity (Wildman–Crippen MR) is 120 cm³/mol. The summed E-state index contributed by atoms with van der Waals surface area (Å²) in [5, 5.41) is 1.10. The Labute approximate surface area is 186 Å². The number of nitrogens with zero attached hydrogens (tertiary/aromatic N) is 4. The summed E-state index contributed by atoms with van der Waals surface area (Å²) in [5.41, 5.74) is 4.02. The number of rotatable bonds is 3. The van der Waals surface area contributed by atoms with Gasteiger partial charge in [0.25, 0.3) is 5.91 Å². The fourth-order valence-corrected chi connectivity index (χ4v) is 5.03. The number of carbonyl (C=O) groups is 1. The molecule has 0 bridgehead atoms. The molecule has 0 aliphatic carbocycles. The summed E-state index contributed by atoms with van der Waals surface area (Å²) >= 11 is 0. The summed E-state index contributed by atoms with van der Waals surface area (Å²) in [6.45, 7) is 5.96. The fraction of sp³-hybridized carbons (Fsp3) is 0.458. The molecular weight excluding hydrogens is 406 g/mol. The van der Waals surface area contributed by atoms with Gasteiger partial charge in [0.1, 0.15) is 11.9 Å². The van der Waals surface area contributed by atoms with Crippen molar-refractivity contribution in [3.05, 3.63) is 41.7 Å². The lowest BCUT2D eigenvalue weighted by molar-refractivity contribution is -0.141. The third-order valence-corrected chi connectivity index (χ3v) is 6.75. The fourth-order valence-electron chi connectivity index (χ4n) is 5.03. The average molecular weight is 434 g/mol. The van der Waals surface area contributed by atoms with Crippen molar-refractivity contribution in [3.63, 3.8) is 0 Å². The molecular formula is C24H27N5O3. The molecule has 32 heavy (non-hydrogen) atoms. The molecule has 1 amide bonds. The number of aromatic amines is 1. The minimum absolute atomic E-state index is 0.0649. The maximum Gasteiger partial charge on any atom is 0.252 e. The normalized spacial score (nSPS) is 23.2. The van der Waals surface area contributed by atoms with Gasteiger partial charge in [-0.1, -0.05) is 18.2 Å². The predicted octanol–water partition coefficient (Wildman–Crippen LogP) is 2.87. The zero-order valence-electron chi connectivity index (χ0n) is 18.2. The second-order valence-corrected chi connectivity index (χ2v) is 8.86. The zero-order valence-corrected chi connectivity index (χ0v) is 18.2. The number of morpholine rings is 1. The molecule has 0 saturated carbocycles. The van der Waals surface area contributed by atoms with Gasteiger partial charge in [-0.2, -0.15) is 0 Å². The van der Waals surface area contributed by atoms with Crippen molar-refractivity contribution in [1.82, 2.24) is 19.9 Å². The molecule has 166 valence electrons. The molecule has 0 radical (unpaired) electrons. The van der Waals surface area contributed by atoms with Crippen LogP contribution in [0.4, 0.5) is 5.82 Å². The van der Waals surface area contributed by atoms with Gasteiger partial charge in [-0.3, -0.25) is 4.79 Å². The summed E-state index contributed by atoms with van der Waals surface area (Å²) in [4.78, 5) is 30.6. The number of benzene rings is 1. The maximum atomic E-state index is 13.1. The van der Waals surface area contributed by atoms with Gasteiger partial charge in [0.05, 0.1) is 38.0 Å². The van der Waals surface area contributed by atoms with E-state index in [0.717, 1.165) is 52.9 Å². The van der Waals surface area contributed by atoms with E-state index in [-0.39, 0.29) is 18.1 Å². The second-order valence-electron chi connectivity index (χ2n) is 8.86. The Morgan fingerprint density at radius 2 is 2.09 bits per heavy atom. The van der Waals surface area contributed by atoms with Crippen molar-refractivity contribution in [2.75, 3.05) is 31.3 Å². The first-order valence-electron chi connectivity index (χ1n) is 11.4. The van der Waals surface area contributed by atoms with Crippen LogP contribution in [-0.4, -0.2) is 64.3 Å². The molecule has 2 atom stereocenters.